The van der Waals surface area contributed by atoms with E-state index >= 15 is 0 Å². The van der Waals surface area contributed by atoms with Gasteiger partial charge in [0.05, 0.1) is 16.9 Å². The van der Waals surface area contributed by atoms with Gasteiger partial charge in [0, 0.05) is 6.07 Å². The maximum Gasteiger partial charge on any atom is 0.177 e. The molecule has 4 atom stereocenters. The van der Waals surface area contributed by atoms with Gasteiger partial charge < -0.3 is 10.2 Å². The number of ketones is 2. The fourth-order valence-electron chi connectivity index (χ4n) is 6.34. The van der Waals surface area contributed by atoms with Crippen molar-refractivity contribution < 1.29 is 19.8 Å². The zero-order chi connectivity index (χ0) is 21.3. The maximum atomic E-state index is 13.8. The number of rotatable bonds is 3. The van der Waals surface area contributed by atoms with Crippen molar-refractivity contribution in [3.05, 3.63) is 46.1 Å². The van der Waals surface area contributed by atoms with Crippen LogP contribution in [0, 0.1) is 17.3 Å². The predicted octanol–water partition coefficient (Wildman–Crippen LogP) is 5.23. The molecule has 3 aliphatic carbocycles. The first-order chi connectivity index (χ1) is 13.5. The predicted molar refractivity (Wildman–Crippen MR) is 112 cm³/mol. The Morgan fingerprint density at radius 3 is 2.48 bits per heavy atom. The highest BCUT2D eigenvalue weighted by atomic mass is 16.3. The summed E-state index contributed by atoms with van der Waals surface area (Å²) in [6.45, 7) is 10.4. The molecule has 0 heterocycles. The van der Waals surface area contributed by atoms with Crippen molar-refractivity contribution in [1.82, 2.24) is 0 Å². The van der Waals surface area contributed by atoms with E-state index in [0.717, 1.165) is 19.3 Å². The van der Waals surface area contributed by atoms with Gasteiger partial charge in [0.25, 0.3) is 0 Å². The average molecular weight is 395 g/mol. The number of phenolic OH excluding ortho intramolecular Hbond substituents is 2. The third kappa shape index (κ3) is 2.50. The minimum Gasteiger partial charge on any atom is -0.508 e. The lowest BCUT2D eigenvalue weighted by Crippen LogP contribution is -2.42. The smallest absolute Gasteiger partial charge is 0.177 e. The second-order valence-corrected chi connectivity index (χ2v) is 9.88. The van der Waals surface area contributed by atoms with Gasteiger partial charge in [-0.1, -0.05) is 29.7 Å². The molecule has 3 aliphatic rings. The topological polar surface area (TPSA) is 74.6 Å². The molecule has 154 valence electrons. The van der Waals surface area contributed by atoms with Crippen molar-refractivity contribution in [1.29, 1.82) is 0 Å². The molecule has 0 aliphatic heterocycles. The second kappa shape index (κ2) is 6.32. The number of benzene rings is 1. The van der Waals surface area contributed by atoms with Crippen LogP contribution in [0.2, 0.25) is 0 Å². The zero-order valence-corrected chi connectivity index (χ0v) is 17.9. The lowest BCUT2D eigenvalue weighted by atomic mass is 9.66. The molecule has 4 nitrogen and oxygen atoms in total. The summed E-state index contributed by atoms with van der Waals surface area (Å²) in [5, 5.41) is 20.7. The van der Waals surface area contributed by atoms with E-state index < -0.39 is 16.7 Å². The highest BCUT2D eigenvalue weighted by Crippen LogP contribution is 2.70. The van der Waals surface area contributed by atoms with Crippen LogP contribution < -0.4 is 0 Å². The molecule has 4 heteroatoms. The van der Waals surface area contributed by atoms with E-state index in [1.165, 1.54) is 22.8 Å². The molecule has 1 aromatic rings. The average Bonchev–Trinajstić information content (AvgIpc) is 3.06. The molecule has 2 saturated carbocycles. The van der Waals surface area contributed by atoms with Crippen LogP contribution in [-0.4, -0.2) is 21.8 Å². The van der Waals surface area contributed by atoms with Gasteiger partial charge in [-0.2, -0.15) is 0 Å². The van der Waals surface area contributed by atoms with Gasteiger partial charge in [-0.15, -0.1) is 0 Å². The molecule has 0 radical (unpaired) electrons. The van der Waals surface area contributed by atoms with E-state index in [2.05, 4.69) is 40.7 Å². The Bertz CT molecular complexity index is 990. The van der Waals surface area contributed by atoms with Crippen molar-refractivity contribution in [3.8, 4) is 11.5 Å². The molecule has 2 N–H and O–H groups in total. The van der Waals surface area contributed by atoms with Gasteiger partial charge in [-0.25, -0.2) is 0 Å². The number of fused-ring (bicyclic) bond motifs is 2. The van der Waals surface area contributed by atoms with Gasteiger partial charge in [0.15, 0.2) is 11.6 Å². The standard InChI is InChI=1S/C25H30O4/c1-13(2)7-6-8-24(5)19-9-15(14(3)4)12-25(19)17-10-16(26)11-18(27)20(17)22(28)21(24)23(25)29/h7,10-11,19,21,26-27H,6,8-9,12H2,1-5H3/t19-,21-,24+,25-/m1/s1. The van der Waals surface area contributed by atoms with E-state index in [9.17, 15) is 19.8 Å². The summed E-state index contributed by atoms with van der Waals surface area (Å²) in [5.74, 6) is -1.33. The summed E-state index contributed by atoms with van der Waals surface area (Å²) in [6.07, 6.45) is 5.11. The first-order valence-corrected chi connectivity index (χ1v) is 10.5. The number of aromatic hydroxyl groups is 2. The largest absolute Gasteiger partial charge is 0.508 e. The summed E-state index contributed by atoms with van der Waals surface area (Å²) in [4.78, 5) is 27.3. The SMILES string of the molecule is CC(C)=CCC[C@]1(C)[C@@H]2C(=O)c3c(O)cc(O)cc3[C@@]3(CC(=C(C)C)C[C@H]13)C2=O. The van der Waals surface area contributed by atoms with Gasteiger partial charge >= 0.3 is 0 Å². The number of carbonyl (C=O) groups excluding carboxylic acids is 2. The Balaban J connectivity index is 1.97. The molecule has 0 unspecified atom stereocenters. The first kappa shape index (κ1) is 19.9. The van der Waals surface area contributed by atoms with Crippen LogP contribution in [0.25, 0.3) is 0 Å². The zero-order valence-electron chi connectivity index (χ0n) is 17.9. The summed E-state index contributed by atoms with van der Waals surface area (Å²) in [7, 11) is 0. The second-order valence-electron chi connectivity index (χ2n) is 9.88. The van der Waals surface area contributed by atoms with Crippen LogP contribution in [0.3, 0.4) is 0 Å². The van der Waals surface area contributed by atoms with Crippen LogP contribution >= 0.6 is 0 Å². The lowest BCUT2D eigenvalue weighted by Gasteiger charge is -2.35. The molecule has 0 amide bonds. The highest BCUT2D eigenvalue weighted by molar-refractivity contribution is 6.22. The maximum absolute atomic E-state index is 13.8. The summed E-state index contributed by atoms with van der Waals surface area (Å²) >= 11 is 0. The van der Waals surface area contributed by atoms with Crippen molar-refractivity contribution in [3.63, 3.8) is 0 Å². The van der Waals surface area contributed by atoms with Crippen LogP contribution in [0.15, 0.2) is 34.9 Å². The Hall–Kier alpha value is -2.36. The molecule has 1 aromatic carbocycles. The van der Waals surface area contributed by atoms with Crippen LogP contribution in [0.1, 0.15) is 76.2 Å². The van der Waals surface area contributed by atoms with Crippen molar-refractivity contribution in [2.45, 2.75) is 65.7 Å². The van der Waals surface area contributed by atoms with Gasteiger partial charge in [-0.05, 0) is 76.3 Å². The molecular weight excluding hydrogens is 364 g/mol. The molecule has 2 fully saturated rings. The molecule has 4 rings (SSSR count). The van der Waals surface area contributed by atoms with Gasteiger partial charge in [0.2, 0.25) is 0 Å². The first-order valence-electron chi connectivity index (χ1n) is 10.5. The van der Waals surface area contributed by atoms with E-state index in [4.69, 9.17) is 0 Å². The van der Waals surface area contributed by atoms with Crippen molar-refractivity contribution in [2.75, 3.05) is 0 Å². The number of allylic oxidation sites excluding steroid dienone is 4. The third-order valence-electron chi connectivity index (χ3n) is 7.73. The number of Topliss-reactive ketones (excluding diaryl/α,β-unsaturated/α-hetero) is 2. The van der Waals surface area contributed by atoms with Crippen LogP contribution in [-0.2, 0) is 10.2 Å². The number of phenols is 2. The van der Waals surface area contributed by atoms with E-state index in [1.807, 2.05) is 0 Å². The summed E-state index contributed by atoms with van der Waals surface area (Å²) in [6, 6.07) is 2.76. The molecule has 2 bridgehead atoms. The Labute approximate surface area is 172 Å². The van der Waals surface area contributed by atoms with Crippen LogP contribution in [0.4, 0.5) is 0 Å². The fourth-order valence-corrected chi connectivity index (χ4v) is 6.34. The monoisotopic (exact) mass is 394 g/mol. The Kier molecular flexibility index (Phi) is 4.34. The Morgan fingerprint density at radius 1 is 1.17 bits per heavy atom. The number of carbonyl (C=O) groups is 2. The Morgan fingerprint density at radius 2 is 1.86 bits per heavy atom. The molecule has 0 saturated heterocycles. The summed E-state index contributed by atoms with van der Waals surface area (Å²) in [5.41, 5.74) is 3.19. The third-order valence-corrected chi connectivity index (χ3v) is 7.73. The minimum absolute atomic E-state index is 0.00522. The quantitative estimate of drug-likeness (QED) is 0.544. The van der Waals surface area contributed by atoms with E-state index in [0.29, 0.717) is 12.0 Å². The van der Waals surface area contributed by atoms with E-state index in [1.54, 1.807) is 6.07 Å². The van der Waals surface area contributed by atoms with Crippen LogP contribution in [0.5, 0.6) is 11.5 Å². The number of hydrogen-bond donors (Lipinski definition) is 2. The molecule has 29 heavy (non-hydrogen) atoms. The van der Waals surface area contributed by atoms with Crippen molar-refractivity contribution in [2.24, 2.45) is 17.3 Å². The van der Waals surface area contributed by atoms with E-state index in [-0.39, 0.29) is 34.5 Å². The fraction of sp³-hybridized carbons (Fsp3) is 0.520. The highest BCUT2D eigenvalue weighted by Gasteiger charge is 2.73. The minimum atomic E-state index is -0.823. The number of hydrogen-bond acceptors (Lipinski definition) is 4. The van der Waals surface area contributed by atoms with Gasteiger partial charge in [0.1, 0.15) is 11.5 Å². The summed E-state index contributed by atoms with van der Waals surface area (Å²) < 4.78 is 0. The van der Waals surface area contributed by atoms with Gasteiger partial charge in [-0.3, -0.25) is 9.59 Å². The lowest BCUT2D eigenvalue weighted by molar-refractivity contribution is -0.125. The normalized spacial score (nSPS) is 32.2. The molecule has 0 aromatic heterocycles. The molecule has 1 spiro atoms. The van der Waals surface area contributed by atoms with Crippen molar-refractivity contribution >= 4 is 11.6 Å². The molecular formula is C25H30O4.